The van der Waals surface area contributed by atoms with Gasteiger partial charge < -0.3 is 15.8 Å². The number of carbonyl (C=O) groups is 1. The minimum atomic E-state index is -0.908. The van der Waals surface area contributed by atoms with E-state index in [0.29, 0.717) is 11.4 Å². The van der Waals surface area contributed by atoms with Crippen LogP contribution in [0.2, 0.25) is 0 Å². The molecule has 152 valence electrons. The van der Waals surface area contributed by atoms with Crippen LogP contribution < -0.4 is 21.3 Å². The summed E-state index contributed by atoms with van der Waals surface area (Å²) in [5.74, 6) is 6.08. The van der Waals surface area contributed by atoms with Crippen molar-refractivity contribution >= 4 is 11.6 Å². The van der Waals surface area contributed by atoms with Crippen molar-refractivity contribution in [2.24, 2.45) is 5.73 Å². The second kappa shape index (κ2) is 9.78. The lowest BCUT2D eigenvalue weighted by atomic mass is 9.94. The highest BCUT2D eigenvalue weighted by Gasteiger charge is 2.32. The lowest BCUT2D eigenvalue weighted by molar-refractivity contribution is -0.132. The number of carbonyl (C=O) groups excluding carboxylic acids is 1. The van der Waals surface area contributed by atoms with Crippen molar-refractivity contribution in [2.45, 2.75) is 32.4 Å². The highest BCUT2D eigenvalue weighted by atomic mass is 16.5. The van der Waals surface area contributed by atoms with Gasteiger partial charge in [0.25, 0.3) is 5.91 Å². The Morgan fingerprint density at radius 1 is 1.21 bits per heavy atom. The van der Waals surface area contributed by atoms with Gasteiger partial charge in [0.05, 0.1) is 0 Å². The second-order valence-corrected chi connectivity index (χ2v) is 7.33. The normalized spacial score (nSPS) is 11.6. The van der Waals surface area contributed by atoms with E-state index in [9.17, 15) is 4.79 Å². The van der Waals surface area contributed by atoms with E-state index in [1.54, 1.807) is 31.5 Å². The Bertz CT molecular complexity index is 902. The summed E-state index contributed by atoms with van der Waals surface area (Å²) in [5, 5.41) is 11.9. The fourth-order valence-electron chi connectivity index (χ4n) is 2.56. The van der Waals surface area contributed by atoms with Crippen molar-refractivity contribution in [3.63, 3.8) is 0 Å². The molecule has 5 N–H and O–H groups in total. The van der Waals surface area contributed by atoms with Crippen LogP contribution in [0, 0.1) is 18.8 Å². The molecule has 0 radical (unpaired) electrons. The molecule has 6 heteroatoms. The minimum Gasteiger partial charge on any atom is -0.481 e. The van der Waals surface area contributed by atoms with Crippen molar-refractivity contribution in [1.29, 1.82) is 0 Å². The van der Waals surface area contributed by atoms with Gasteiger partial charge in [-0.3, -0.25) is 10.0 Å². The van der Waals surface area contributed by atoms with E-state index < -0.39 is 17.5 Å². The summed E-state index contributed by atoms with van der Waals surface area (Å²) in [7, 11) is 0. The van der Waals surface area contributed by atoms with E-state index in [0.717, 1.165) is 11.1 Å². The van der Waals surface area contributed by atoms with Crippen molar-refractivity contribution in [3.8, 4) is 17.6 Å². The molecule has 1 amide bonds. The van der Waals surface area contributed by atoms with Gasteiger partial charge in [0.2, 0.25) is 0 Å². The lowest BCUT2D eigenvalue weighted by Crippen LogP contribution is -2.59. The fraction of sp³-hybridized carbons (Fsp3) is 0.261. The van der Waals surface area contributed by atoms with E-state index in [-0.39, 0.29) is 6.61 Å². The van der Waals surface area contributed by atoms with E-state index in [2.05, 4.69) is 23.7 Å². The third-order valence-electron chi connectivity index (χ3n) is 4.23. The van der Waals surface area contributed by atoms with Gasteiger partial charge in [-0.15, -0.1) is 0 Å². The molecule has 2 aromatic rings. The maximum absolute atomic E-state index is 11.9. The van der Waals surface area contributed by atoms with Gasteiger partial charge in [-0.2, -0.15) is 0 Å². The Labute approximate surface area is 171 Å². The molecule has 0 bridgehead atoms. The van der Waals surface area contributed by atoms with Gasteiger partial charge in [0.1, 0.15) is 18.4 Å². The molecule has 0 unspecified atom stereocenters. The Hall–Kier alpha value is -3.27. The highest BCUT2D eigenvalue weighted by molar-refractivity contribution is 5.84. The molecule has 1 atom stereocenters. The summed E-state index contributed by atoms with van der Waals surface area (Å²) >= 11 is 0. The standard InChI is InChI=1S/C23H27N3O3/c1-16-7-9-18(10-8-16)6-5-15-29-20-13-11-19(12-14-20)17(2)25-21(22(27)26-28)23(3,4)24/h7-14,21,25,28H,2,15,24H2,1,3-4H3,(H,26,27)/t21-/m1/s1. The van der Waals surface area contributed by atoms with E-state index in [1.807, 2.05) is 43.3 Å². The topological polar surface area (TPSA) is 96.6 Å². The molecule has 0 heterocycles. The molecule has 0 aliphatic carbocycles. The summed E-state index contributed by atoms with van der Waals surface area (Å²) in [6.07, 6.45) is 0. The second-order valence-electron chi connectivity index (χ2n) is 7.33. The number of ether oxygens (including phenoxy) is 1. The average molecular weight is 393 g/mol. The molecule has 0 aliphatic heterocycles. The molecule has 0 aromatic heterocycles. The summed E-state index contributed by atoms with van der Waals surface area (Å²) in [5.41, 5.74) is 10.1. The van der Waals surface area contributed by atoms with Gasteiger partial charge >= 0.3 is 0 Å². The maximum atomic E-state index is 11.9. The van der Waals surface area contributed by atoms with Gasteiger partial charge in [0, 0.05) is 16.8 Å². The van der Waals surface area contributed by atoms with Crippen molar-refractivity contribution < 1.29 is 14.7 Å². The Kier molecular flexibility index (Phi) is 7.43. The van der Waals surface area contributed by atoms with Crippen molar-refractivity contribution in [1.82, 2.24) is 10.8 Å². The molecular weight excluding hydrogens is 366 g/mol. The Morgan fingerprint density at radius 3 is 2.38 bits per heavy atom. The van der Waals surface area contributed by atoms with Crippen LogP contribution in [-0.2, 0) is 4.79 Å². The SMILES string of the molecule is C=C(N[C@H](C(=O)NO)C(C)(C)N)c1ccc(OCC#Cc2ccc(C)cc2)cc1. The van der Waals surface area contributed by atoms with Gasteiger partial charge in [0.15, 0.2) is 0 Å². The first kappa shape index (κ1) is 22.0. The average Bonchev–Trinajstić information content (AvgIpc) is 2.69. The zero-order valence-corrected chi connectivity index (χ0v) is 17.0. The van der Waals surface area contributed by atoms with Gasteiger partial charge in [-0.1, -0.05) is 36.1 Å². The van der Waals surface area contributed by atoms with Crippen LogP contribution in [0.1, 0.15) is 30.5 Å². The van der Waals surface area contributed by atoms with Crippen LogP contribution in [0.3, 0.4) is 0 Å². The summed E-state index contributed by atoms with van der Waals surface area (Å²) < 4.78 is 5.64. The Morgan fingerprint density at radius 2 is 1.83 bits per heavy atom. The smallest absolute Gasteiger partial charge is 0.267 e. The van der Waals surface area contributed by atoms with E-state index >= 15 is 0 Å². The summed E-state index contributed by atoms with van der Waals surface area (Å²) in [6, 6.07) is 14.4. The molecule has 0 spiro atoms. The third kappa shape index (κ3) is 6.68. The molecular formula is C23H27N3O3. The fourth-order valence-corrected chi connectivity index (χ4v) is 2.56. The number of nitrogens with two attached hydrogens (primary N) is 1. The number of hydroxylamine groups is 1. The molecule has 0 saturated carbocycles. The third-order valence-corrected chi connectivity index (χ3v) is 4.23. The molecule has 2 rings (SSSR count). The number of nitrogens with one attached hydrogen (secondary N) is 2. The molecule has 2 aromatic carbocycles. The van der Waals surface area contributed by atoms with E-state index in [4.69, 9.17) is 15.7 Å². The minimum absolute atomic E-state index is 0.270. The Balaban J connectivity index is 1.94. The number of benzene rings is 2. The molecule has 0 saturated heterocycles. The molecule has 0 fully saturated rings. The zero-order chi connectivity index (χ0) is 21.4. The first-order chi connectivity index (χ1) is 13.7. The first-order valence-electron chi connectivity index (χ1n) is 9.18. The monoisotopic (exact) mass is 393 g/mol. The predicted molar refractivity (Wildman–Crippen MR) is 114 cm³/mol. The van der Waals surface area contributed by atoms with Crippen molar-refractivity contribution in [2.75, 3.05) is 6.61 Å². The largest absolute Gasteiger partial charge is 0.481 e. The summed E-state index contributed by atoms with van der Waals surface area (Å²) in [6.45, 7) is 9.62. The number of aryl methyl sites for hydroxylation is 1. The first-order valence-corrected chi connectivity index (χ1v) is 9.18. The zero-order valence-electron chi connectivity index (χ0n) is 17.0. The number of amides is 1. The molecule has 6 nitrogen and oxygen atoms in total. The summed E-state index contributed by atoms with van der Waals surface area (Å²) in [4.78, 5) is 11.9. The van der Waals surface area contributed by atoms with Crippen LogP contribution in [0.4, 0.5) is 0 Å². The van der Waals surface area contributed by atoms with Crippen LogP contribution in [0.5, 0.6) is 5.75 Å². The number of hydrogen-bond acceptors (Lipinski definition) is 5. The number of hydrogen-bond donors (Lipinski definition) is 4. The highest BCUT2D eigenvalue weighted by Crippen LogP contribution is 2.18. The maximum Gasteiger partial charge on any atom is 0.267 e. The van der Waals surface area contributed by atoms with Crippen LogP contribution >= 0.6 is 0 Å². The van der Waals surface area contributed by atoms with Gasteiger partial charge in [-0.05, 0) is 62.7 Å². The van der Waals surface area contributed by atoms with Crippen LogP contribution in [0.25, 0.3) is 5.70 Å². The lowest BCUT2D eigenvalue weighted by Gasteiger charge is -2.30. The van der Waals surface area contributed by atoms with Gasteiger partial charge in [-0.25, -0.2) is 5.48 Å². The number of rotatable bonds is 7. The van der Waals surface area contributed by atoms with Crippen LogP contribution in [0.15, 0.2) is 55.1 Å². The molecule has 29 heavy (non-hydrogen) atoms. The van der Waals surface area contributed by atoms with E-state index in [1.165, 1.54) is 5.56 Å². The quantitative estimate of drug-likeness (QED) is 0.329. The van der Waals surface area contributed by atoms with Crippen molar-refractivity contribution in [3.05, 3.63) is 71.8 Å². The molecule has 0 aliphatic rings. The van der Waals surface area contributed by atoms with Crippen LogP contribution in [-0.4, -0.2) is 29.3 Å². The predicted octanol–water partition coefficient (Wildman–Crippen LogP) is 2.60.